The molecule has 2 unspecified atom stereocenters. The molecule has 0 aromatic carbocycles. The topological polar surface area (TPSA) is 69.6 Å². The minimum absolute atomic E-state index is 0.103. The SMILES string of the molecule is C=NNc1ccc(CCN2CCC3(CCNC3=O)C(F)C2)c(C)n1. The van der Waals surface area contributed by atoms with Gasteiger partial charge in [0.25, 0.3) is 0 Å². The zero-order chi connectivity index (χ0) is 17.2. The van der Waals surface area contributed by atoms with Crippen LogP contribution in [0.15, 0.2) is 17.2 Å². The zero-order valence-corrected chi connectivity index (χ0v) is 14.0. The molecule has 130 valence electrons. The Morgan fingerprint density at radius 3 is 3.00 bits per heavy atom. The van der Waals surface area contributed by atoms with E-state index in [2.05, 4.69) is 32.4 Å². The highest BCUT2D eigenvalue weighted by Crippen LogP contribution is 2.40. The van der Waals surface area contributed by atoms with Gasteiger partial charge in [0, 0.05) is 32.0 Å². The second kappa shape index (κ2) is 6.84. The van der Waals surface area contributed by atoms with Crippen LogP contribution in [0.5, 0.6) is 0 Å². The third-order valence-corrected chi connectivity index (χ3v) is 5.29. The molecule has 2 atom stereocenters. The molecular weight excluding hydrogens is 309 g/mol. The number of alkyl halides is 1. The lowest BCUT2D eigenvalue weighted by atomic mass is 9.75. The van der Waals surface area contributed by atoms with Crippen LogP contribution in [0.1, 0.15) is 24.1 Å². The Morgan fingerprint density at radius 1 is 1.54 bits per heavy atom. The predicted molar refractivity (Wildman–Crippen MR) is 91.9 cm³/mol. The van der Waals surface area contributed by atoms with Crippen molar-refractivity contribution < 1.29 is 9.18 Å². The smallest absolute Gasteiger partial charge is 0.229 e. The van der Waals surface area contributed by atoms with Gasteiger partial charge >= 0.3 is 0 Å². The Labute approximate surface area is 141 Å². The summed E-state index contributed by atoms with van der Waals surface area (Å²) < 4.78 is 14.6. The number of pyridine rings is 1. The molecule has 2 saturated heterocycles. The fourth-order valence-corrected chi connectivity index (χ4v) is 3.71. The summed E-state index contributed by atoms with van der Waals surface area (Å²) in [6.45, 7) is 7.80. The molecule has 24 heavy (non-hydrogen) atoms. The molecule has 0 bridgehead atoms. The van der Waals surface area contributed by atoms with Crippen molar-refractivity contribution in [3.63, 3.8) is 0 Å². The quantitative estimate of drug-likeness (QED) is 0.633. The summed E-state index contributed by atoms with van der Waals surface area (Å²) in [6.07, 6.45) is 0.950. The molecule has 2 N–H and O–H groups in total. The van der Waals surface area contributed by atoms with Gasteiger partial charge in [0.1, 0.15) is 12.0 Å². The number of aromatic nitrogens is 1. The summed E-state index contributed by atoms with van der Waals surface area (Å²) >= 11 is 0. The summed E-state index contributed by atoms with van der Waals surface area (Å²) in [5.41, 5.74) is 4.02. The number of amides is 1. The second-order valence-electron chi connectivity index (χ2n) is 6.64. The number of hydrogen-bond acceptors (Lipinski definition) is 5. The number of rotatable bonds is 5. The number of piperidine rings is 1. The molecule has 3 rings (SSSR count). The van der Waals surface area contributed by atoms with Gasteiger partial charge in [-0.1, -0.05) is 6.07 Å². The first kappa shape index (κ1) is 16.8. The van der Waals surface area contributed by atoms with Crippen molar-refractivity contribution in [2.75, 3.05) is 31.6 Å². The molecule has 2 aliphatic rings. The number of nitrogens with one attached hydrogen (secondary N) is 2. The Bertz CT molecular complexity index is 637. The monoisotopic (exact) mass is 333 g/mol. The van der Waals surface area contributed by atoms with E-state index >= 15 is 0 Å². The van der Waals surface area contributed by atoms with E-state index in [1.165, 1.54) is 0 Å². The van der Waals surface area contributed by atoms with Crippen molar-refractivity contribution in [1.29, 1.82) is 0 Å². The summed E-state index contributed by atoms with van der Waals surface area (Å²) in [7, 11) is 0. The van der Waals surface area contributed by atoms with Crippen LogP contribution in [-0.2, 0) is 11.2 Å². The van der Waals surface area contributed by atoms with Gasteiger partial charge in [-0.05, 0) is 44.4 Å². The third kappa shape index (κ3) is 3.13. The lowest BCUT2D eigenvalue weighted by molar-refractivity contribution is -0.134. The van der Waals surface area contributed by atoms with Gasteiger partial charge in [0.05, 0.1) is 5.41 Å². The normalized spacial score (nSPS) is 27.2. The van der Waals surface area contributed by atoms with Crippen molar-refractivity contribution in [3.8, 4) is 0 Å². The molecule has 1 aromatic heterocycles. The maximum absolute atomic E-state index is 14.6. The standard InChI is InChI=1S/C17H24FN5O/c1-12-13(3-4-15(21-12)22-19-2)5-9-23-10-7-17(14(18)11-23)6-8-20-16(17)24/h3-4,14H,2,5-11H2,1H3,(H,20,24)(H,21,22). The molecular formula is C17H24FN5O. The van der Waals surface area contributed by atoms with E-state index in [1.54, 1.807) is 0 Å². The number of hydrogen-bond donors (Lipinski definition) is 2. The Morgan fingerprint density at radius 2 is 2.38 bits per heavy atom. The number of hydrazone groups is 1. The van der Waals surface area contributed by atoms with Crippen LogP contribution < -0.4 is 10.7 Å². The molecule has 6 nitrogen and oxygen atoms in total. The minimum Gasteiger partial charge on any atom is -0.355 e. The lowest BCUT2D eigenvalue weighted by Gasteiger charge is -2.40. The van der Waals surface area contributed by atoms with E-state index in [0.29, 0.717) is 31.7 Å². The molecule has 1 amide bonds. The predicted octanol–water partition coefficient (Wildman–Crippen LogP) is 1.51. The third-order valence-electron chi connectivity index (χ3n) is 5.29. The molecule has 7 heteroatoms. The summed E-state index contributed by atoms with van der Waals surface area (Å²) in [5, 5.41) is 6.38. The van der Waals surface area contributed by atoms with Crippen molar-refractivity contribution in [1.82, 2.24) is 15.2 Å². The van der Waals surface area contributed by atoms with Crippen LogP contribution in [0.2, 0.25) is 0 Å². The van der Waals surface area contributed by atoms with Crippen molar-refractivity contribution in [3.05, 3.63) is 23.4 Å². The fraction of sp³-hybridized carbons (Fsp3) is 0.588. The maximum Gasteiger partial charge on any atom is 0.229 e. The Hall–Kier alpha value is -2.02. The maximum atomic E-state index is 14.6. The number of nitrogens with zero attached hydrogens (tertiary/aromatic N) is 3. The highest BCUT2D eigenvalue weighted by atomic mass is 19.1. The van der Waals surface area contributed by atoms with Crippen LogP contribution in [0, 0.1) is 12.3 Å². The first-order chi connectivity index (χ1) is 11.5. The fourth-order valence-electron chi connectivity index (χ4n) is 3.71. The molecule has 2 fully saturated rings. The number of anilines is 1. The van der Waals surface area contributed by atoms with Gasteiger partial charge in [-0.15, -0.1) is 0 Å². The first-order valence-corrected chi connectivity index (χ1v) is 8.38. The van der Waals surface area contributed by atoms with Gasteiger partial charge in [-0.3, -0.25) is 10.2 Å². The average Bonchev–Trinajstić information content (AvgIpc) is 2.92. The number of carbonyl (C=O) groups is 1. The Balaban J connectivity index is 1.57. The van der Waals surface area contributed by atoms with Gasteiger partial charge in [0.2, 0.25) is 5.91 Å². The van der Waals surface area contributed by atoms with Gasteiger partial charge in [-0.2, -0.15) is 5.10 Å². The second-order valence-corrected chi connectivity index (χ2v) is 6.64. The summed E-state index contributed by atoms with van der Waals surface area (Å²) in [4.78, 5) is 18.5. The van der Waals surface area contributed by atoms with E-state index in [1.807, 2.05) is 19.1 Å². The van der Waals surface area contributed by atoms with E-state index in [0.717, 1.165) is 30.8 Å². The number of halogens is 1. The number of aryl methyl sites for hydroxylation is 1. The van der Waals surface area contributed by atoms with Gasteiger partial charge in [-0.25, -0.2) is 9.37 Å². The molecule has 0 aliphatic carbocycles. The molecule has 2 aliphatic heterocycles. The summed E-state index contributed by atoms with van der Waals surface area (Å²) in [6, 6.07) is 3.88. The van der Waals surface area contributed by atoms with Crippen LogP contribution in [0.3, 0.4) is 0 Å². The van der Waals surface area contributed by atoms with Crippen LogP contribution >= 0.6 is 0 Å². The number of likely N-dealkylation sites (tertiary alicyclic amines) is 1. The lowest BCUT2D eigenvalue weighted by Crippen LogP contribution is -2.52. The largest absolute Gasteiger partial charge is 0.355 e. The molecule has 0 saturated carbocycles. The van der Waals surface area contributed by atoms with E-state index in [9.17, 15) is 9.18 Å². The zero-order valence-electron chi connectivity index (χ0n) is 14.0. The Kier molecular flexibility index (Phi) is 4.80. The van der Waals surface area contributed by atoms with Crippen LogP contribution in [0.4, 0.5) is 10.2 Å². The highest BCUT2D eigenvalue weighted by molar-refractivity contribution is 5.85. The molecule has 0 radical (unpaired) electrons. The van der Waals surface area contributed by atoms with Gasteiger partial charge in [0.15, 0.2) is 0 Å². The molecule has 3 heterocycles. The van der Waals surface area contributed by atoms with Crippen molar-refractivity contribution >= 4 is 18.4 Å². The van der Waals surface area contributed by atoms with Crippen LogP contribution in [0.25, 0.3) is 0 Å². The molecule has 1 spiro atoms. The molecule has 1 aromatic rings. The van der Waals surface area contributed by atoms with Gasteiger partial charge < -0.3 is 10.2 Å². The highest BCUT2D eigenvalue weighted by Gasteiger charge is 2.51. The van der Waals surface area contributed by atoms with Crippen molar-refractivity contribution in [2.45, 2.75) is 32.4 Å². The number of carbonyl (C=O) groups excluding carboxylic acids is 1. The first-order valence-electron chi connectivity index (χ1n) is 8.38. The summed E-state index contributed by atoms with van der Waals surface area (Å²) in [5.74, 6) is 0.566. The van der Waals surface area contributed by atoms with E-state index in [4.69, 9.17) is 0 Å². The van der Waals surface area contributed by atoms with E-state index in [-0.39, 0.29) is 5.91 Å². The van der Waals surface area contributed by atoms with Crippen LogP contribution in [-0.4, -0.2) is 54.9 Å². The van der Waals surface area contributed by atoms with Crippen molar-refractivity contribution in [2.24, 2.45) is 10.5 Å². The van der Waals surface area contributed by atoms with E-state index < -0.39 is 11.6 Å². The average molecular weight is 333 g/mol. The minimum atomic E-state index is -1.08.